The lowest BCUT2D eigenvalue weighted by molar-refractivity contribution is 0.313. The van der Waals surface area contributed by atoms with Gasteiger partial charge in [0.1, 0.15) is 11.6 Å². The third-order valence-electron chi connectivity index (χ3n) is 6.68. The van der Waals surface area contributed by atoms with Crippen molar-refractivity contribution in [1.82, 2.24) is 24.8 Å². The van der Waals surface area contributed by atoms with Crippen molar-refractivity contribution in [3.05, 3.63) is 60.5 Å². The SMILES string of the molecule is CN1CCN(c2ccc3[nH]c(-c4ccc5[nH]c(C6=CC(N)C(N)C=C6)nc5c4)nc3c2)CC1. The molecule has 0 saturated carbocycles. The zero-order valence-electron chi connectivity index (χ0n) is 18.6. The molecular formula is C25H28N8. The zero-order valence-corrected chi connectivity index (χ0v) is 18.6. The summed E-state index contributed by atoms with van der Waals surface area (Å²) < 4.78 is 0. The molecule has 8 nitrogen and oxygen atoms in total. The number of rotatable bonds is 3. The predicted molar refractivity (Wildman–Crippen MR) is 134 cm³/mol. The number of nitrogens with zero attached hydrogens (tertiary/aromatic N) is 4. The molecule has 1 aliphatic heterocycles. The normalized spacial score (nSPS) is 21.8. The Hall–Kier alpha value is -3.46. The smallest absolute Gasteiger partial charge is 0.138 e. The molecule has 6 rings (SSSR count). The fourth-order valence-corrected chi connectivity index (χ4v) is 4.56. The molecule has 2 unspecified atom stereocenters. The van der Waals surface area contributed by atoms with Crippen LogP contribution in [0.4, 0.5) is 5.69 Å². The maximum Gasteiger partial charge on any atom is 0.138 e. The monoisotopic (exact) mass is 440 g/mol. The maximum absolute atomic E-state index is 6.09. The topological polar surface area (TPSA) is 116 Å². The average molecular weight is 441 g/mol. The number of piperazine rings is 1. The maximum atomic E-state index is 6.09. The van der Waals surface area contributed by atoms with Crippen LogP contribution in [0.15, 0.2) is 54.6 Å². The first kappa shape index (κ1) is 20.2. The molecule has 0 amide bonds. The zero-order chi connectivity index (χ0) is 22.5. The highest BCUT2D eigenvalue weighted by molar-refractivity contribution is 5.87. The highest BCUT2D eigenvalue weighted by atomic mass is 15.2. The van der Waals surface area contributed by atoms with E-state index in [0.29, 0.717) is 0 Å². The number of nitrogens with one attached hydrogen (secondary N) is 2. The van der Waals surface area contributed by atoms with Gasteiger partial charge in [-0.15, -0.1) is 0 Å². The Bertz CT molecular complexity index is 1390. The Morgan fingerprint density at radius 2 is 1.55 bits per heavy atom. The molecule has 0 radical (unpaired) electrons. The van der Waals surface area contributed by atoms with Crippen LogP contribution < -0.4 is 16.4 Å². The van der Waals surface area contributed by atoms with Crippen LogP contribution in [0.3, 0.4) is 0 Å². The van der Waals surface area contributed by atoms with Gasteiger partial charge in [-0.25, -0.2) is 9.97 Å². The van der Waals surface area contributed by atoms with Crippen LogP contribution in [0.5, 0.6) is 0 Å². The first-order valence-electron chi connectivity index (χ1n) is 11.4. The van der Waals surface area contributed by atoms with Crippen LogP contribution in [-0.4, -0.2) is 70.1 Å². The Morgan fingerprint density at radius 3 is 2.33 bits per heavy atom. The number of anilines is 1. The molecule has 8 heteroatoms. The number of fused-ring (bicyclic) bond motifs is 2. The largest absolute Gasteiger partial charge is 0.369 e. The van der Waals surface area contributed by atoms with Crippen LogP contribution in [0.1, 0.15) is 5.82 Å². The van der Waals surface area contributed by atoms with E-state index in [4.69, 9.17) is 21.4 Å². The number of allylic oxidation sites excluding steroid dienone is 2. The van der Waals surface area contributed by atoms with Crippen molar-refractivity contribution in [3.8, 4) is 11.4 Å². The number of aromatic nitrogens is 4. The molecule has 0 spiro atoms. The van der Waals surface area contributed by atoms with E-state index in [0.717, 1.165) is 71.0 Å². The molecule has 1 saturated heterocycles. The Morgan fingerprint density at radius 1 is 0.848 bits per heavy atom. The summed E-state index contributed by atoms with van der Waals surface area (Å²) >= 11 is 0. The van der Waals surface area contributed by atoms with Crippen molar-refractivity contribution in [1.29, 1.82) is 0 Å². The summed E-state index contributed by atoms with van der Waals surface area (Å²) in [4.78, 5) is 21.3. The van der Waals surface area contributed by atoms with E-state index >= 15 is 0 Å². The number of aromatic amines is 2. The van der Waals surface area contributed by atoms with Gasteiger partial charge in [-0.3, -0.25) is 0 Å². The summed E-state index contributed by atoms with van der Waals surface area (Å²) in [5.74, 6) is 1.64. The lowest BCUT2D eigenvalue weighted by Crippen LogP contribution is -2.44. The van der Waals surface area contributed by atoms with Gasteiger partial charge in [0.25, 0.3) is 0 Å². The summed E-state index contributed by atoms with van der Waals surface area (Å²) in [6, 6.07) is 12.3. The number of hydrogen-bond donors (Lipinski definition) is 4. The van der Waals surface area contributed by atoms with Crippen LogP contribution in [0.25, 0.3) is 39.0 Å². The summed E-state index contributed by atoms with van der Waals surface area (Å²) in [6.45, 7) is 4.25. The van der Waals surface area contributed by atoms with Crippen molar-refractivity contribution >= 4 is 33.3 Å². The van der Waals surface area contributed by atoms with E-state index in [1.165, 1.54) is 5.69 Å². The van der Waals surface area contributed by atoms with Gasteiger partial charge in [0.2, 0.25) is 0 Å². The van der Waals surface area contributed by atoms with E-state index in [-0.39, 0.29) is 12.1 Å². The number of likely N-dealkylation sites (N-methyl/N-ethyl adjacent to an activating group) is 1. The van der Waals surface area contributed by atoms with Gasteiger partial charge < -0.3 is 31.2 Å². The summed E-state index contributed by atoms with van der Waals surface area (Å²) in [7, 11) is 2.17. The molecule has 3 heterocycles. The van der Waals surface area contributed by atoms with Gasteiger partial charge in [-0.1, -0.05) is 18.2 Å². The van der Waals surface area contributed by atoms with Crippen LogP contribution in [0.2, 0.25) is 0 Å². The minimum Gasteiger partial charge on any atom is -0.369 e. The molecule has 6 N–H and O–H groups in total. The van der Waals surface area contributed by atoms with E-state index in [2.05, 4.69) is 57.1 Å². The number of hydrogen-bond acceptors (Lipinski definition) is 6. The molecule has 2 aromatic carbocycles. The van der Waals surface area contributed by atoms with Gasteiger partial charge in [-0.2, -0.15) is 0 Å². The molecule has 2 aliphatic rings. The molecule has 2 atom stereocenters. The minimum atomic E-state index is -0.208. The van der Waals surface area contributed by atoms with Gasteiger partial charge in [0, 0.05) is 55.1 Å². The number of nitrogens with two attached hydrogens (primary N) is 2. The van der Waals surface area contributed by atoms with Crippen LogP contribution in [0, 0.1) is 0 Å². The second kappa shape index (κ2) is 7.84. The lowest BCUT2D eigenvalue weighted by Gasteiger charge is -2.34. The second-order valence-electron chi connectivity index (χ2n) is 9.03. The second-order valence-corrected chi connectivity index (χ2v) is 9.03. The van der Waals surface area contributed by atoms with E-state index in [1.807, 2.05) is 24.3 Å². The van der Waals surface area contributed by atoms with Gasteiger partial charge in [0.15, 0.2) is 0 Å². The van der Waals surface area contributed by atoms with Crippen molar-refractivity contribution < 1.29 is 0 Å². The molecule has 0 bridgehead atoms. The number of H-pyrrole nitrogens is 2. The van der Waals surface area contributed by atoms with Crippen molar-refractivity contribution in [2.45, 2.75) is 12.1 Å². The molecular weight excluding hydrogens is 412 g/mol. The van der Waals surface area contributed by atoms with Crippen molar-refractivity contribution in [2.75, 3.05) is 38.1 Å². The third-order valence-corrected chi connectivity index (χ3v) is 6.68. The predicted octanol–water partition coefficient (Wildman–Crippen LogP) is 2.47. The highest BCUT2D eigenvalue weighted by Crippen LogP contribution is 2.28. The molecule has 33 heavy (non-hydrogen) atoms. The molecule has 1 aliphatic carbocycles. The average Bonchev–Trinajstić information content (AvgIpc) is 3.44. The van der Waals surface area contributed by atoms with E-state index in [9.17, 15) is 0 Å². The highest BCUT2D eigenvalue weighted by Gasteiger charge is 2.18. The standard InChI is InChI=1S/C25H28N8/c1-32-8-10-33(11-9-32)17-4-7-21-23(14-17)31-25(29-21)16-3-6-20-22(13-16)30-24(28-20)15-2-5-18(26)19(27)12-15/h2-7,12-14,18-19H,8-11,26-27H2,1H3,(H,28,30)(H,29,31). The minimum absolute atomic E-state index is 0.158. The summed E-state index contributed by atoms with van der Waals surface area (Å²) in [5, 5.41) is 0. The number of benzene rings is 2. The quantitative estimate of drug-likeness (QED) is 0.389. The third kappa shape index (κ3) is 3.72. The fourth-order valence-electron chi connectivity index (χ4n) is 4.56. The first-order chi connectivity index (χ1) is 16.0. The van der Waals surface area contributed by atoms with Gasteiger partial charge in [0.05, 0.1) is 22.1 Å². The number of imidazole rings is 2. The van der Waals surface area contributed by atoms with Gasteiger partial charge in [-0.05, 0) is 43.4 Å². The Kier molecular flexibility index (Phi) is 4.79. The first-order valence-corrected chi connectivity index (χ1v) is 11.4. The summed E-state index contributed by atoms with van der Waals surface area (Å²) in [6.07, 6.45) is 5.85. The van der Waals surface area contributed by atoms with Crippen molar-refractivity contribution in [3.63, 3.8) is 0 Å². The molecule has 168 valence electrons. The molecule has 1 fully saturated rings. The summed E-state index contributed by atoms with van der Waals surface area (Å²) in [5.41, 5.74) is 19.1. The molecule has 4 aromatic rings. The fraction of sp³-hybridized carbons (Fsp3) is 0.280. The molecule has 2 aromatic heterocycles. The van der Waals surface area contributed by atoms with Crippen molar-refractivity contribution in [2.24, 2.45) is 11.5 Å². The van der Waals surface area contributed by atoms with E-state index in [1.54, 1.807) is 0 Å². The van der Waals surface area contributed by atoms with Crippen LogP contribution in [-0.2, 0) is 0 Å². The Labute approximate surface area is 192 Å². The lowest BCUT2D eigenvalue weighted by atomic mass is 9.99. The van der Waals surface area contributed by atoms with Gasteiger partial charge >= 0.3 is 0 Å². The van der Waals surface area contributed by atoms with Crippen LogP contribution >= 0.6 is 0 Å². The Balaban J connectivity index is 1.30. The van der Waals surface area contributed by atoms with E-state index < -0.39 is 0 Å².